The van der Waals surface area contributed by atoms with Gasteiger partial charge in [0.15, 0.2) is 5.82 Å². The Bertz CT molecular complexity index is 783. The van der Waals surface area contributed by atoms with E-state index >= 15 is 0 Å². The highest BCUT2D eigenvalue weighted by atomic mass is 35.5. The number of hydrogen-bond acceptors (Lipinski definition) is 5. The topological polar surface area (TPSA) is 62.7 Å². The predicted octanol–water partition coefficient (Wildman–Crippen LogP) is 2.04. The number of hydrazine groups is 1. The first-order chi connectivity index (χ1) is 11.7. The molecule has 0 aliphatic carbocycles. The Hall–Kier alpha value is -2.13. The standard InChI is InChI=1S/C15H11ClF3N3O3/c1-21(12-7(16)4-6(5-20-12)15(17,18)19)22-13(23)10-8-2-3-9(25-8)11(10)14(22)24/h2-5,8-11H,1H3/t8-,9-,10-,11-/m1/s1. The number of hydrogen-bond donors (Lipinski definition) is 0. The van der Waals surface area contributed by atoms with Crippen LogP contribution in [0.1, 0.15) is 5.56 Å². The van der Waals surface area contributed by atoms with E-state index in [-0.39, 0.29) is 10.8 Å². The van der Waals surface area contributed by atoms with Crippen LogP contribution in [0.15, 0.2) is 24.4 Å². The van der Waals surface area contributed by atoms with Gasteiger partial charge in [-0.2, -0.15) is 18.2 Å². The first-order valence-electron chi connectivity index (χ1n) is 7.38. The molecule has 132 valence electrons. The van der Waals surface area contributed by atoms with Crippen LogP contribution < -0.4 is 5.01 Å². The van der Waals surface area contributed by atoms with Crippen molar-refractivity contribution in [1.29, 1.82) is 0 Å². The molecular formula is C15H11ClF3N3O3. The lowest BCUT2D eigenvalue weighted by molar-refractivity contribution is -0.143. The Morgan fingerprint density at radius 3 is 2.24 bits per heavy atom. The summed E-state index contributed by atoms with van der Waals surface area (Å²) >= 11 is 5.90. The van der Waals surface area contributed by atoms with Gasteiger partial charge in [-0.3, -0.25) is 14.6 Å². The van der Waals surface area contributed by atoms with Gasteiger partial charge in [-0.05, 0) is 6.07 Å². The van der Waals surface area contributed by atoms with Gasteiger partial charge in [0.25, 0.3) is 11.8 Å². The number of fused-ring (bicyclic) bond motifs is 5. The van der Waals surface area contributed by atoms with Crippen molar-refractivity contribution in [1.82, 2.24) is 9.99 Å². The van der Waals surface area contributed by atoms with E-state index < -0.39 is 47.6 Å². The van der Waals surface area contributed by atoms with Crippen LogP contribution in [0, 0.1) is 11.8 Å². The summed E-state index contributed by atoms with van der Waals surface area (Å²) in [6.45, 7) is 0. The Balaban J connectivity index is 1.65. The zero-order valence-corrected chi connectivity index (χ0v) is 13.5. The van der Waals surface area contributed by atoms with Crippen molar-refractivity contribution in [3.63, 3.8) is 0 Å². The van der Waals surface area contributed by atoms with Crippen LogP contribution in [0.5, 0.6) is 0 Å². The summed E-state index contributed by atoms with van der Waals surface area (Å²) < 4.78 is 43.7. The van der Waals surface area contributed by atoms with Crippen molar-refractivity contribution >= 4 is 29.2 Å². The molecule has 2 bridgehead atoms. The van der Waals surface area contributed by atoms with Gasteiger partial charge in [-0.15, -0.1) is 0 Å². The number of halogens is 4. The van der Waals surface area contributed by atoms with E-state index in [1.165, 1.54) is 7.05 Å². The minimum absolute atomic E-state index is 0.113. The van der Waals surface area contributed by atoms with Gasteiger partial charge in [0, 0.05) is 13.2 Å². The highest BCUT2D eigenvalue weighted by Gasteiger charge is 2.62. The third-order valence-corrected chi connectivity index (χ3v) is 4.92. The van der Waals surface area contributed by atoms with Crippen molar-refractivity contribution in [2.24, 2.45) is 11.8 Å². The van der Waals surface area contributed by atoms with Gasteiger partial charge in [0.1, 0.15) is 0 Å². The van der Waals surface area contributed by atoms with Crippen molar-refractivity contribution in [2.45, 2.75) is 18.4 Å². The van der Waals surface area contributed by atoms with Gasteiger partial charge in [-0.25, -0.2) is 4.98 Å². The average molecular weight is 374 g/mol. The van der Waals surface area contributed by atoms with Crippen LogP contribution in [0.25, 0.3) is 0 Å². The Morgan fingerprint density at radius 2 is 1.76 bits per heavy atom. The lowest BCUT2D eigenvalue weighted by Crippen LogP contribution is -2.46. The van der Waals surface area contributed by atoms with E-state index in [4.69, 9.17) is 16.3 Å². The summed E-state index contributed by atoms with van der Waals surface area (Å²) in [6, 6.07) is 0.709. The van der Waals surface area contributed by atoms with Crippen molar-refractivity contribution < 1.29 is 27.5 Å². The predicted molar refractivity (Wildman–Crippen MR) is 79.3 cm³/mol. The second kappa shape index (κ2) is 5.18. The van der Waals surface area contributed by atoms with E-state index in [0.717, 1.165) is 10.0 Å². The van der Waals surface area contributed by atoms with Gasteiger partial charge in [0.05, 0.1) is 34.6 Å². The lowest BCUT2D eigenvalue weighted by Gasteiger charge is -2.29. The Morgan fingerprint density at radius 1 is 1.20 bits per heavy atom. The monoisotopic (exact) mass is 373 g/mol. The van der Waals surface area contributed by atoms with Gasteiger partial charge in [-0.1, -0.05) is 23.8 Å². The molecule has 2 amide bonds. The summed E-state index contributed by atoms with van der Waals surface area (Å²) in [4.78, 5) is 29.0. The number of aromatic nitrogens is 1. The SMILES string of the molecule is CN(c1ncc(C(F)(F)F)cc1Cl)N1C(=O)[C@H]2[C@H](C1=O)[C@H]1C=C[C@H]2O1. The molecule has 0 radical (unpaired) electrons. The molecule has 4 rings (SSSR count). The molecule has 0 N–H and O–H groups in total. The number of ether oxygens (including phenoxy) is 1. The van der Waals surface area contributed by atoms with E-state index in [1.807, 2.05) is 0 Å². The van der Waals surface area contributed by atoms with Gasteiger partial charge >= 0.3 is 6.18 Å². The van der Waals surface area contributed by atoms with Crippen LogP contribution in [0.3, 0.4) is 0 Å². The van der Waals surface area contributed by atoms with Crippen LogP contribution in [0.2, 0.25) is 5.02 Å². The zero-order valence-electron chi connectivity index (χ0n) is 12.7. The van der Waals surface area contributed by atoms with Gasteiger partial charge < -0.3 is 4.74 Å². The number of imide groups is 1. The Kier molecular flexibility index (Phi) is 3.39. The van der Waals surface area contributed by atoms with E-state index in [9.17, 15) is 22.8 Å². The minimum Gasteiger partial charge on any atom is -0.365 e. The molecule has 6 nitrogen and oxygen atoms in total. The molecule has 0 unspecified atom stereocenters. The highest BCUT2D eigenvalue weighted by Crippen LogP contribution is 2.46. The van der Waals surface area contributed by atoms with Crippen LogP contribution in [-0.4, -0.2) is 41.1 Å². The fraction of sp³-hybridized carbons (Fsp3) is 0.400. The molecule has 0 aromatic carbocycles. The molecule has 25 heavy (non-hydrogen) atoms. The summed E-state index contributed by atoms with van der Waals surface area (Å²) in [5.41, 5.74) is -1.01. The number of anilines is 1. The summed E-state index contributed by atoms with van der Waals surface area (Å²) in [5.74, 6) is -2.33. The molecule has 0 spiro atoms. The number of alkyl halides is 3. The number of amides is 2. The van der Waals surface area contributed by atoms with Crippen LogP contribution in [0.4, 0.5) is 19.0 Å². The smallest absolute Gasteiger partial charge is 0.365 e. The molecule has 3 aliphatic rings. The number of carbonyl (C=O) groups excluding carboxylic acids is 2. The largest absolute Gasteiger partial charge is 0.417 e. The van der Waals surface area contributed by atoms with Gasteiger partial charge in [0.2, 0.25) is 0 Å². The maximum atomic E-state index is 12.7. The first kappa shape index (κ1) is 16.3. The number of rotatable bonds is 2. The summed E-state index contributed by atoms with van der Waals surface area (Å²) in [6.07, 6.45) is -1.42. The molecule has 2 fully saturated rings. The molecule has 4 heterocycles. The normalized spacial score (nSPS) is 30.4. The molecule has 1 aromatic heterocycles. The number of carbonyl (C=O) groups is 2. The molecule has 10 heteroatoms. The maximum Gasteiger partial charge on any atom is 0.417 e. The summed E-state index contributed by atoms with van der Waals surface area (Å²) in [5, 5.41) is 1.66. The third-order valence-electron chi connectivity index (χ3n) is 4.64. The first-order valence-corrected chi connectivity index (χ1v) is 7.76. The van der Waals surface area contributed by atoms with Crippen molar-refractivity contribution in [3.8, 4) is 0 Å². The van der Waals surface area contributed by atoms with E-state index in [0.29, 0.717) is 12.3 Å². The fourth-order valence-electron chi connectivity index (χ4n) is 3.50. The highest BCUT2D eigenvalue weighted by molar-refractivity contribution is 6.33. The van der Waals surface area contributed by atoms with Crippen LogP contribution >= 0.6 is 11.6 Å². The zero-order chi connectivity index (χ0) is 18.1. The van der Waals surface area contributed by atoms with Crippen molar-refractivity contribution in [2.75, 3.05) is 12.1 Å². The van der Waals surface area contributed by atoms with Crippen molar-refractivity contribution in [3.05, 3.63) is 35.0 Å². The van der Waals surface area contributed by atoms with Crippen LogP contribution in [-0.2, 0) is 20.5 Å². The van der Waals surface area contributed by atoms with E-state index in [1.54, 1.807) is 12.2 Å². The Labute approximate surface area is 144 Å². The number of pyridine rings is 1. The summed E-state index contributed by atoms with van der Waals surface area (Å²) in [7, 11) is 1.36. The number of nitrogens with zero attached hydrogens (tertiary/aromatic N) is 3. The quantitative estimate of drug-likeness (QED) is 0.586. The maximum absolute atomic E-state index is 12.7. The average Bonchev–Trinajstić information content (AvgIpc) is 3.20. The second-order valence-corrected chi connectivity index (χ2v) is 6.45. The third kappa shape index (κ3) is 2.26. The molecule has 4 atom stereocenters. The molecule has 2 saturated heterocycles. The molecule has 3 aliphatic heterocycles. The second-order valence-electron chi connectivity index (χ2n) is 6.04. The molecule has 1 aromatic rings. The minimum atomic E-state index is -4.59. The van der Waals surface area contributed by atoms with E-state index in [2.05, 4.69) is 4.98 Å². The fourth-order valence-corrected chi connectivity index (χ4v) is 3.79. The molecular weight excluding hydrogens is 363 g/mol. The molecule has 0 saturated carbocycles. The lowest BCUT2D eigenvalue weighted by atomic mass is 9.85.